The van der Waals surface area contributed by atoms with Crippen molar-refractivity contribution in [2.45, 2.75) is 375 Å². The van der Waals surface area contributed by atoms with Crippen LogP contribution in [0.25, 0.3) is 0 Å². The molecular formula is C75H142O17P2. The van der Waals surface area contributed by atoms with Crippen LogP contribution in [0.3, 0.4) is 0 Å². The molecule has 0 amide bonds. The Morgan fingerprint density at radius 1 is 0.351 bits per heavy atom. The summed E-state index contributed by atoms with van der Waals surface area (Å²) >= 11 is 0. The van der Waals surface area contributed by atoms with Crippen molar-refractivity contribution in [2.75, 3.05) is 39.6 Å². The molecule has 94 heavy (non-hydrogen) atoms. The molecular weight excluding hydrogens is 1230 g/mol. The molecule has 0 fully saturated rings. The molecule has 19 heteroatoms. The summed E-state index contributed by atoms with van der Waals surface area (Å²) in [7, 11) is -9.92. The number of hydrogen-bond donors (Lipinski definition) is 3. The monoisotopic (exact) mass is 1380 g/mol. The van der Waals surface area contributed by atoms with Crippen LogP contribution in [0.4, 0.5) is 0 Å². The van der Waals surface area contributed by atoms with E-state index in [0.29, 0.717) is 25.7 Å². The summed E-state index contributed by atoms with van der Waals surface area (Å²) in [4.78, 5) is 72.7. The summed E-state index contributed by atoms with van der Waals surface area (Å²) in [5.41, 5.74) is 0. The molecule has 7 atom stereocenters. The Balaban J connectivity index is 5.27. The molecule has 554 valence electrons. The summed E-state index contributed by atoms with van der Waals surface area (Å²) in [6.45, 7) is 11.8. The summed E-state index contributed by atoms with van der Waals surface area (Å²) in [5.74, 6) is 0.141. The summed E-state index contributed by atoms with van der Waals surface area (Å²) in [5, 5.41) is 10.6. The Bertz CT molecular complexity index is 1930. The number of aliphatic hydroxyl groups excluding tert-OH is 1. The van der Waals surface area contributed by atoms with E-state index in [1.165, 1.54) is 148 Å². The zero-order valence-corrected chi connectivity index (χ0v) is 62.7. The Kier molecular flexibility index (Phi) is 63.5. The van der Waals surface area contributed by atoms with E-state index in [9.17, 15) is 43.2 Å². The minimum atomic E-state index is -4.96. The number of aliphatic hydroxyl groups is 1. The Hall–Kier alpha value is -2.46. The average molecular weight is 1380 g/mol. The van der Waals surface area contributed by atoms with Crippen LogP contribution in [0, 0.1) is 17.8 Å². The maximum absolute atomic E-state index is 13.1. The van der Waals surface area contributed by atoms with E-state index in [2.05, 4.69) is 72.8 Å². The first kappa shape index (κ1) is 91.5. The molecule has 0 aliphatic rings. The third-order valence-electron chi connectivity index (χ3n) is 17.5. The molecule has 0 rings (SSSR count). The standard InChI is InChI=1S/C75H142O17P2/c1-8-11-12-13-14-15-16-17-18-23-26-29-35-44-51-58-74(79)91-71(63-86-73(78)57-50-43-38-37-41-48-55-68(7)10-3)65-90-94(83,84)88-61-69(76)60-87-93(81,82)89-64-70(92-75(80)59-52-45-36-31-30-33-40-47-54-67(6)9-2)62-85-72(77)56-49-42-34-28-25-22-20-19-21-24-27-32-39-46-53-66(4)5/h15-18,66-71,76H,8-14,19-65H2,1-7H3,(H,81,82)(H,83,84)/b16-15-,18-17-/t67?,68?,69-,70-,71-/m1/s1. The fourth-order valence-corrected chi connectivity index (χ4v) is 12.4. The molecule has 4 unspecified atom stereocenters. The van der Waals surface area contributed by atoms with Crippen molar-refractivity contribution in [3.63, 3.8) is 0 Å². The van der Waals surface area contributed by atoms with Crippen LogP contribution in [0.15, 0.2) is 24.3 Å². The molecule has 0 aromatic heterocycles. The molecule has 17 nitrogen and oxygen atoms in total. The number of carbonyl (C=O) groups is 4. The summed E-state index contributed by atoms with van der Waals surface area (Å²) in [6.07, 6.45) is 53.5. The van der Waals surface area contributed by atoms with Crippen LogP contribution in [0.1, 0.15) is 357 Å². The van der Waals surface area contributed by atoms with Crippen molar-refractivity contribution in [1.29, 1.82) is 0 Å². The highest BCUT2D eigenvalue weighted by Crippen LogP contribution is 2.45. The van der Waals surface area contributed by atoms with Gasteiger partial charge in [0.05, 0.1) is 26.4 Å². The van der Waals surface area contributed by atoms with Gasteiger partial charge in [-0.15, -0.1) is 0 Å². The molecule has 0 aliphatic heterocycles. The van der Waals surface area contributed by atoms with Crippen LogP contribution in [0.2, 0.25) is 0 Å². The van der Waals surface area contributed by atoms with Crippen LogP contribution in [-0.4, -0.2) is 96.7 Å². The van der Waals surface area contributed by atoms with E-state index >= 15 is 0 Å². The molecule has 0 spiro atoms. The first-order chi connectivity index (χ1) is 45.3. The normalized spacial score (nSPS) is 14.8. The fraction of sp³-hybridized carbons (Fsp3) is 0.893. The second-order valence-electron chi connectivity index (χ2n) is 27.3. The van der Waals surface area contributed by atoms with Crippen LogP contribution >= 0.6 is 15.6 Å². The van der Waals surface area contributed by atoms with Gasteiger partial charge in [-0.05, 0) is 69.1 Å². The number of phosphoric ester groups is 2. The Morgan fingerprint density at radius 3 is 0.947 bits per heavy atom. The first-order valence-electron chi connectivity index (χ1n) is 38.2. The number of rotatable bonds is 71. The Morgan fingerprint density at radius 2 is 0.628 bits per heavy atom. The van der Waals surface area contributed by atoms with Crippen molar-refractivity contribution in [3.05, 3.63) is 24.3 Å². The maximum atomic E-state index is 13.1. The molecule has 0 saturated heterocycles. The van der Waals surface area contributed by atoms with Gasteiger partial charge >= 0.3 is 39.5 Å². The number of esters is 4. The Labute approximate surface area is 573 Å². The van der Waals surface area contributed by atoms with Gasteiger partial charge in [-0.1, -0.05) is 304 Å². The van der Waals surface area contributed by atoms with E-state index in [0.717, 1.165) is 127 Å². The summed E-state index contributed by atoms with van der Waals surface area (Å²) < 4.78 is 68.4. The highest BCUT2D eigenvalue weighted by Gasteiger charge is 2.30. The van der Waals surface area contributed by atoms with Crippen molar-refractivity contribution in [1.82, 2.24) is 0 Å². The largest absolute Gasteiger partial charge is 0.472 e. The number of phosphoric acid groups is 2. The molecule has 0 aromatic carbocycles. The van der Waals surface area contributed by atoms with E-state index in [1.807, 2.05) is 0 Å². The van der Waals surface area contributed by atoms with Gasteiger partial charge in [-0.2, -0.15) is 0 Å². The number of unbranched alkanes of at least 4 members (excludes halogenated alkanes) is 34. The van der Waals surface area contributed by atoms with E-state index in [1.54, 1.807) is 0 Å². The number of hydrogen-bond acceptors (Lipinski definition) is 15. The third kappa shape index (κ3) is 65.5. The first-order valence-corrected chi connectivity index (χ1v) is 41.2. The SMILES string of the molecule is CCCCCC/C=C\C=C/CCCCCCCC(=O)O[C@H](COC(=O)CCCCCCCCC(C)CC)COP(=O)(O)OC[C@H](O)COP(=O)(O)OC[C@@H](COC(=O)CCCCCCCCCCCCCCCCC(C)C)OC(=O)CCCCCCCCCCC(C)CC. The molecule has 3 N–H and O–H groups in total. The zero-order valence-electron chi connectivity index (χ0n) is 60.9. The van der Waals surface area contributed by atoms with Gasteiger partial charge in [-0.3, -0.25) is 37.3 Å². The van der Waals surface area contributed by atoms with Gasteiger partial charge < -0.3 is 33.8 Å². The lowest BCUT2D eigenvalue weighted by atomic mass is 9.99. The topological polar surface area (TPSA) is 237 Å². The lowest BCUT2D eigenvalue weighted by molar-refractivity contribution is -0.161. The second kappa shape index (κ2) is 65.2. The molecule has 0 aliphatic carbocycles. The molecule has 0 aromatic rings. The molecule has 0 radical (unpaired) electrons. The molecule has 0 bridgehead atoms. The predicted molar refractivity (Wildman–Crippen MR) is 381 cm³/mol. The smallest absolute Gasteiger partial charge is 0.462 e. The van der Waals surface area contributed by atoms with Crippen molar-refractivity contribution in [2.24, 2.45) is 17.8 Å². The van der Waals surface area contributed by atoms with Gasteiger partial charge in [0.1, 0.15) is 19.3 Å². The fourth-order valence-electron chi connectivity index (χ4n) is 10.8. The van der Waals surface area contributed by atoms with Gasteiger partial charge in [0.2, 0.25) is 0 Å². The third-order valence-corrected chi connectivity index (χ3v) is 19.4. The highest BCUT2D eigenvalue weighted by molar-refractivity contribution is 7.47. The van der Waals surface area contributed by atoms with Gasteiger partial charge in [0.15, 0.2) is 12.2 Å². The molecule has 0 heterocycles. The minimum Gasteiger partial charge on any atom is -0.462 e. The van der Waals surface area contributed by atoms with Crippen LogP contribution in [-0.2, 0) is 65.4 Å². The maximum Gasteiger partial charge on any atom is 0.472 e. The van der Waals surface area contributed by atoms with Crippen molar-refractivity contribution < 1.29 is 80.2 Å². The average Bonchev–Trinajstić information content (AvgIpc) is 1.57. The van der Waals surface area contributed by atoms with E-state index < -0.39 is 97.5 Å². The number of ether oxygens (including phenoxy) is 4. The molecule has 0 saturated carbocycles. The highest BCUT2D eigenvalue weighted by atomic mass is 31.2. The van der Waals surface area contributed by atoms with E-state index in [-0.39, 0.29) is 25.7 Å². The summed E-state index contributed by atoms with van der Waals surface area (Å²) in [6, 6.07) is 0. The minimum absolute atomic E-state index is 0.0838. The predicted octanol–water partition coefficient (Wildman–Crippen LogP) is 21.3. The van der Waals surface area contributed by atoms with Gasteiger partial charge in [0, 0.05) is 25.7 Å². The lowest BCUT2D eigenvalue weighted by Gasteiger charge is -2.21. The van der Waals surface area contributed by atoms with Crippen molar-refractivity contribution in [3.8, 4) is 0 Å². The zero-order chi connectivity index (χ0) is 69.4. The van der Waals surface area contributed by atoms with Gasteiger partial charge in [-0.25, -0.2) is 9.13 Å². The van der Waals surface area contributed by atoms with Gasteiger partial charge in [0.25, 0.3) is 0 Å². The lowest BCUT2D eigenvalue weighted by Crippen LogP contribution is -2.30. The van der Waals surface area contributed by atoms with Crippen LogP contribution < -0.4 is 0 Å². The number of carbonyl (C=O) groups excluding carboxylic acids is 4. The van der Waals surface area contributed by atoms with Crippen LogP contribution in [0.5, 0.6) is 0 Å². The number of allylic oxidation sites excluding steroid dienone is 4. The van der Waals surface area contributed by atoms with Crippen molar-refractivity contribution >= 4 is 39.5 Å². The second-order valence-corrected chi connectivity index (χ2v) is 30.2. The van der Waals surface area contributed by atoms with E-state index in [4.69, 9.17) is 37.0 Å². The quantitative estimate of drug-likeness (QED) is 0.0169.